The number of carbonyl (C=O) groups excluding carboxylic acids is 1. The lowest BCUT2D eigenvalue weighted by Gasteiger charge is -2.05. The predicted octanol–water partition coefficient (Wildman–Crippen LogP) is 1.82. The topological polar surface area (TPSA) is 69.7 Å². The highest BCUT2D eigenvalue weighted by molar-refractivity contribution is 7.81. The second-order valence-corrected chi connectivity index (χ2v) is 4.06. The van der Waals surface area contributed by atoms with Crippen LogP contribution < -0.4 is 0 Å². The summed E-state index contributed by atoms with van der Waals surface area (Å²) in [7, 11) is -5.21. The maximum atomic E-state index is 12.5. The van der Waals surface area contributed by atoms with Crippen LogP contribution in [0.1, 0.15) is 12.5 Å². The molecule has 0 aromatic heterocycles. The third-order valence-corrected chi connectivity index (χ3v) is 2.16. The van der Waals surface area contributed by atoms with E-state index in [0.29, 0.717) is 0 Å². The summed E-state index contributed by atoms with van der Waals surface area (Å²) in [5.74, 6) is -1.25. The minimum absolute atomic E-state index is 0.111. The highest BCUT2D eigenvalue weighted by Crippen LogP contribution is 2.19. The van der Waals surface area contributed by atoms with E-state index in [2.05, 4.69) is 8.92 Å². The number of carbonyl (C=O) groups is 1. The lowest BCUT2D eigenvalue weighted by molar-refractivity contribution is -0.137. The first-order valence-corrected chi connectivity index (χ1v) is 6.31. The van der Waals surface area contributed by atoms with Crippen molar-refractivity contribution in [1.82, 2.24) is 0 Å². The molecule has 7 heteroatoms. The van der Waals surface area contributed by atoms with Gasteiger partial charge in [0.05, 0.1) is 12.7 Å². The van der Waals surface area contributed by atoms with Crippen LogP contribution in [0.25, 0.3) is 5.76 Å². The molecule has 0 spiro atoms. The number of halogens is 1. The second kappa shape index (κ2) is 6.15. The van der Waals surface area contributed by atoms with Crippen molar-refractivity contribution in [3.05, 3.63) is 42.0 Å². The predicted molar refractivity (Wildman–Crippen MR) is 62.2 cm³/mol. The van der Waals surface area contributed by atoms with Gasteiger partial charge in [-0.15, -0.1) is 0 Å². The van der Waals surface area contributed by atoms with E-state index in [9.17, 15) is 17.1 Å². The first kappa shape index (κ1) is 14.2. The summed E-state index contributed by atoms with van der Waals surface area (Å²) in [4.78, 5) is 11.2. The Kier molecular flexibility index (Phi) is 4.85. The molecule has 0 bridgehead atoms. The smallest absolute Gasteiger partial charge is 0.463 e. The number of hydrogen-bond donors (Lipinski definition) is 0. The van der Waals surface area contributed by atoms with Gasteiger partial charge in [-0.05, 0) is 6.92 Å². The largest absolute Gasteiger partial charge is 0.488 e. The summed E-state index contributed by atoms with van der Waals surface area (Å²) < 4.78 is 42.2. The molecule has 5 nitrogen and oxygen atoms in total. The zero-order chi connectivity index (χ0) is 13.6. The molecule has 0 atom stereocenters. The van der Waals surface area contributed by atoms with Crippen molar-refractivity contribution in [2.45, 2.75) is 6.92 Å². The summed E-state index contributed by atoms with van der Waals surface area (Å²) in [5, 5.41) is 0. The van der Waals surface area contributed by atoms with Crippen LogP contribution in [0.2, 0.25) is 0 Å². The molecule has 0 aliphatic carbocycles. The zero-order valence-electron chi connectivity index (χ0n) is 9.50. The van der Waals surface area contributed by atoms with E-state index in [0.717, 1.165) is 6.08 Å². The fourth-order valence-corrected chi connectivity index (χ4v) is 1.51. The maximum absolute atomic E-state index is 12.5. The van der Waals surface area contributed by atoms with E-state index < -0.39 is 22.2 Å². The van der Waals surface area contributed by atoms with Crippen LogP contribution in [0.3, 0.4) is 0 Å². The molecule has 0 N–H and O–H groups in total. The Balaban J connectivity index is 3.07. The number of esters is 1. The Labute approximate surface area is 104 Å². The number of rotatable bonds is 5. The zero-order valence-corrected chi connectivity index (χ0v) is 10.3. The van der Waals surface area contributed by atoms with Gasteiger partial charge in [0, 0.05) is 5.56 Å². The highest BCUT2D eigenvalue weighted by Gasteiger charge is 2.15. The standard InChI is InChI=1S/C11H11FO5S/c1-2-16-11(13)8-10(17-18(12,14)15)9-6-4-3-5-7-9/h3-8H,2H2,1H3/b10-8+. The molecule has 18 heavy (non-hydrogen) atoms. The van der Waals surface area contributed by atoms with Crippen LogP contribution in [-0.2, 0) is 24.2 Å². The molecule has 1 aromatic rings. The number of hydrogen-bond acceptors (Lipinski definition) is 5. The van der Waals surface area contributed by atoms with Gasteiger partial charge in [-0.1, -0.05) is 34.2 Å². The molecule has 1 aromatic carbocycles. The molecule has 0 aliphatic rings. The Hall–Kier alpha value is -1.89. The molecular weight excluding hydrogens is 263 g/mol. The normalized spacial score (nSPS) is 12.0. The van der Waals surface area contributed by atoms with E-state index in [1.54, 1.807) is 25.1 Å². The van der Waals surface area contributed by atoms with Gasteiger partial charge in [0.1, 0.15) is 0 Å². The monoisotopic (exact) mass is 274 g/mol. The maximum Gasteiger partial charge on any atom is 0.488 e. The molecule has 0 heterocycles. The molecule has 0 saturated carbocycles. The van der Waals surface area contributed by atoms with Gasteiger partial charge >= 0.3 is 16.5 Å². The fraction of sp³-hybridized carbons (Fsp3) is 0.182. The van der Waals surface area contributed by atoms with E-state index in [1.165, 1.54) is 12.1 Å². The highest BCUT2D eigenvalue weighted by atomic mass is 32.3. The summed E-state index contributed by atoms with van der Waals surface area (Å²) in [5.41, 5.74) is 0.242. The first-order valence-electron chi connectivity index (χ1n) is 5.00. The van der Waals surface area contributed by atoms with Crippen LogP contribution >= 0.6 is 0 Å². The van der Waals surface area contributed by atoms with Gasteiger partial charge in [-0.2, -0.15) is 8.42 Å². The van der Waals surface area contributed by atoms with Crippen LogP contribution in [0.5, 0.6) is 0 Å². The van der Waals surface area contributed by atoms with E-state index in [4.69, 9.17) is 0 Å². The van der Waals surface area contributed by atoms with Crippen molar-refractivity contribution in [3.63, 3.8) is 0 Å². The van der Waals surface area contributed by atoms with Crippen LogP contribution in [0, 0.1) is 0 Å². The van der Waals surface area contributed by atoms with Gasteiger partial charge in [0.25, 0.3) is 0 Å². The third kappa shape index (κ3) is 4.96. The number of ether oxygens (including phenoxy) is 1. The quantitative estimate of drug-likeness (QED) is 0.354. The summed E-state index contributed by atoms with van der Waals surface area (Å²) in [6, 6.07) is 7.78. The molecular formula is C11H11FO5S. The first-order chi connectivity index (χ1) is 8.42. The molecule has 1 rings (SSSR count). The molecule has 0 unspecified atom stereocenters. The SMILES string of the molecule is CCOC(=O)/C=C(/OS(=O)(=O)F)c1ccccc1. The minimum atomic E-state index is -5.21. The van der Waals surface area contributed by atoms with E-state index in [-0.39, 0.29) is 12.2 Å². The van der Waals surface area contributed by atoms with Crippen molar-refractivity contribution >= 4 is 22.2 Å². The summed E-state index contributed by atoms with van der Waals surface area (Å²) in [6.45, 7) is 1.69. The minimum Gasteiger partial charge on any atom is -0.463 e. The average Bonchev–Trinajstić information content (AvgIpc) is 2.28. The molecule has 0 amide bonds. The fourth-order valence-electron chi connectivity index (χ4n) is 1.16. The third-order valence-electron chi connectivity index (χ3n) is 1.78. The number of benzene rings is 1. The van der Waals surface area contributed by atoms with Crippen molar-refractivity contribution in [3.8, 4) is 0 Å². The van der Waals surface area contributed by atoms with Crippen molar-refractivity contribution in [2.75, 3.05) is 6.61 Å². The van der Waals surface area contributed by atoms with Crippen LogP contribution in [0.15, 0.2) is 36.4 Å². The van der Waals surface area contributed by atoms with Gasteiger partial charge in [0.2, 0.25) is 0 Å². The van der Waals surface area contributed by atoms with Gasteiger partial charge < -0.3 is 8.92 Å². The second-order valence-electron chi connectivity index (χ2n) is 3.10. The summed E-state index contributed by atoms with van der Waals surface area (Å²) in [6.07, 6.45) is 0.774. The van der Waals surface area contributed by atoms with Gasteiger partial charge in [0.15, 0.2) is 5.76 Å². The van der Waals surface area contributed by atoms with E-state index in [1.807, 2.05) is 0 Å². The average molecular weight is 274 g/mol. The van der Waals surface area contributed by atoms with Crippen LogP contribution in [0.4, 0.5) is 3.89 Å². The summed E-state index contributed by atoms with van der Waals surface area (Å²) >= 11 is 0. The molecule has 98 valence electrons. The van der Waals surface area contributed by atoms with Crippen molar-refractivity contribution in [1.29, 1.82) is 0 Å². The molecule has 0 saturated heterocycles. The molecule has 0 radical (unpaired) electrons. The molecule has 0 fully saturated rings. The lowest BCUT2D eigenvalue weighted by atomic mass is 10.2. The van der Waals surface area contributed by atoms with Gasteiger partial charge in [-0.3, -0.25) is 0 Å². The Morgan fingerprint density at radius 2 is 1.94 bits per heavy atom. The Morgan fingerprint density at radius 1 is 1.33 bits per heavy atom. The Morgan fingerprint density at radius 3 is 2.44 bits per heavy atom. The lowest BCUT2D eigenvalue weighted by Crippen LogP contribution is -2.04. The van der Waals surface area contributed by atoms with E-state index >= 15 is 0 Å². The van der Waals surface area contributed by atoms with Crippen molar-refractivity contribution < 1.29 is 26.0 Å². The Bertz CT molecular complexity index is 536. The molecule has 0 aliphatic heterocycles. The van der Waals surface area contributed by atoms with Crippen molar-refractivity contribution in [2.24, 2.45) is 0 Å². The van der Waals surface area contributed by atoms with Crippen LogP contribution in [-0.4, -0.2) is 21.0 Å². The van der Waals surface area contributed by atoms with Gasteiger partial charge in [-0.25, -0.2) is 4.79 Å².